The molecule has 0 saturated heterocycles. The molecule has 0 heterocycles. The Kier molecular flexibility index (Phi) is 4.19. The number of nitroso groups, excluding NO2 is 1. The van der Waals surface area contributed by atoms with Crippen LogP contribution < -0.4 is 10.5 Å². The number of benzene rings is 1. The summed E-state index contributed by atoms with van der Waals surface area (Å²) < 4.78 is 0. The van der Waals surface area contributed by atoms with Crippen molar-refractivity contribution in [3.8, 4) is 0 Å². The van der Waals surface area contributed by atoms with Crippen LogP contribution >= 0.6 is 0 Å². The van der Waals surface area contributed by atoms with Gasteiger partial charge >= 0.3 is 0 Å². The van der Waals surface area contributed by atoms with E-state index in [-0.39, 0.29) is 12.5 Å². The zero-order valence-corrected chi connectivity index (χ0v) is 11.1. The van der Waals surface area contributed by atoms with Gasteiger partial charge in [0.1, 0.15) is 0 Å². The van der Waals surface area contributed by atoms with E-state index in [1.165, 1.54) is 0 Å². The van der Waals surface area contributed by atoms with Crippen molar-refractivity contribution < 1.29 is 15.1 Å². The first-order valence-corrected chi connectivity index (χ1v) is 5.74. The number of aliphatic hydroxyl groups is 1. The summed E-state index contributed by atoms with van der Waals surface area (Å²) in [6.07, 6.45) is 0. The van der Waals surface area contributed by atoms with Crippen molar-refractivity contribution in [2.75, 3.05) is 6.54 Å². The second-order valence-electron chi connectivity index (χ2n) is 5.08. The van der Waals surface area contributed by atoms with E-state index < -0.39 is 5.60 Å². The predicted molar refractivity (Wildman–Crippen MR) is 68.5 cm³/mol. The third kappa shape index (κ3) is 3.63. The molecule has 1 rings (SSSR count). The lowest BCUT2D eigenvalue weighted by Crippen LogP contribution is -2.57. The van der Waals surface area contributed by atoms with Crippen molar-refractivity contribution in [2.24, 2.45) is 0 Å². The van der Waals surface area contributed by atoms with Crippen molar-refractivity contribution in [1.82, 2.24) is 5.32 Å². The van der Waals surface area contributed by atoms with Crippen LogP contribution in [0, 0.1) is 18.8 Å². The first-order valence-electron chi connectivity index (χ1n) is 5.74. The van der Waals surface area contributed by atoms with E-state index in [2.05, 4.69) is 5.32 Å². The van der Waals surface area contributed by atoms with Gasteiger partial charge in [0, 0.05) is 33.3 Å². The fourth-order valence-electron chi connectivity index (χ4n) is 1.65. The Bertz CT molecular complexity index is 453. The molecule has 0 bridgehead atoms. The van der Waals surface area contributed by atoms with Crippen LogP contribution in [0.25, 0.3) is 0 Å². The van der Waals surface area contributed by atoms with Crippen LogP contribution in [0.1, 0.15) is 35.3 Å². The first-order chi connectivity index (χ1) is 8.24. The minimum Gasteiger partial charge on any atom is -0.389 e. The van der Waals surface area contributed by atoms with E-state index in [1.54, 1.807) is 39.8 Å². The van der Waals surface area contributed by atoms with E-state index in [0.717, 1.165) is 11.1 Å². The Labute approximate surface area is 106 Å². The fraction of sp³-hybridized carbons (Fsp3) is 0.462. The summed E-state index contributed by atoms with van der Waals surface area (Å²) in [5, 5.41) is 14.0. The molecule has 5 nitrogen and oxygen atoms in total. The second-order valence-corrected chi connectivity index (χ2v) is 5.08. The van der Waals surface area contributed by atoms with Gasteiger partial charge < -0.3 is 10.4 Å². The average molecular weight is 251 g/mol. The van der Waals surface area contributed by atoms with Crippen LogP contribution in [0.5, 0.6) is 0 Å². The summed E-state index contributed by atoms with van der Waals surface area (Å²) in [4.78, 5) is 22.6. The Balaban J connectivity index is 2.91. The summed E-state index contributed by atoms with van der Waals surface area (Å²) >= 11 is 0. The summed E-state index contributed by atoms with van der Waals surface area (Å²) in [6, 6.07) is 3.29. The molecular weight excluding hydrogens is 232 g/mol. The van der Waals surface area contributed by atoms with Crippen LogP contribution in [0.4, 0.5) is 5.69 Å². The molecule has 1 amide bonds. The van der Waals surface area contributed by atoms with Crippen molar-refractivity contribution >= 4 is 11.6 Å². The monoisotopic (exact) mass is 251 g/mol. The standard InChI is InChI=1S/C13H18N2O3/c1-8-5-10(6-9(2)11(8)15-18)12(16)14-7-13(3,4)17/h5-6,17H,7H2,1-4H3,(H,14,16)/p+1. The molecule has 0 atom stereocenters. The van der Waals surface area contributed by atoms with Crippen molar-refractivity contribution in [2.45, 2.75) is 33.3 Å². The number of nitrogens with one attached hydrogen (secondary N) is 2. The van der Waals surface area contributed by atoms with Crippen molar-refractivity contribution in [3.63, 3.8) is 0 Å². The Morgan fingerprint density at radius 2 is 1.83 bits per heavy atom. The molecule has 0 aliphatic rings. The van der Waals surface area contributed by atoms with Gasteiger partial charge in [0.2, 0.25) is 0 Å². The molecule has 0 saturated carbocycles. The van der Waals surface area contributed by atoms with E-state index in [4.69, 9.17) is 0 Å². The normalized spacial score (nSPS) is 11.2. The molecule has 5 heteroatoms. The molecule has 3 N–H and O–H groups in total. The number of carbonyl (C=O) groups excluding carboxylic acids is 1. The summed E-state index contributed by atoms with van der Waals surface area (Å²) in [7, 11) is 0. The summed E-state index contributed by atoms with van der Waals surface area (Å²) in [5.74, 6) is -0.263. The SMILES string of the molecule is Cc1cc(C(=O)NCC(C)(C)O)cc(C)c1[NH+]=O. The zero-order valence-electron chi connectivity index (χ0n) is 11.1. The van der Waals surface area contributed by atoms with Crippen LogP contribution in [0.2, 0.25) is 0 Å². The predicted octanol–water partition coefficient (Wildman–Crippen LogP) is 0.283. The van der Waals surface area contributed by atoms with Gasteiger partial charge in [0.25, 0.3) is 11.6 Å². The number of carbonyl (C=O) groups is 1. The lowest BCUT2D eigenvalue weighted by molar-refractivity contribution is -0.380. The zero-order chi connectivity index (χ0) is 13.9. The van der Waals surface area contributed by atoms with E-state index in [0.29, 0.717) is 11.3 Å². The van der Waals surface area contributed by atoms with Crippen LogP contribution in [-0.2, 0) is 0 Å². The molecule has 0 aromatic heterocycles. The van der Waals surface area contributed by atoms with Gasteiger partial charge in [-0.3, -0.25) is 4.79 Å². The van der Waals surface area contributed by atoms with Gasteiger partial charge in [-0.25, -0.2) is 0 Å². The average Bonchev–Trinajstić information content (AvgIpc) is 2.24. The molecule has 1 aromatic carbocycles. The van der Waals surface area contributed by atoms with Gasteiger partial charge in [0.05, 0.1) is 5.60 Å². The number of aryl methyl sites for hydroxylation is 2. The highest BCUT2D eigenvalue weighted by molar-refractivity contribution is 5.95. The first kappa shape index (κ1) is 14.3. The number of hydrogen-bond acceptors (Lipinski definition) is 3. The maximum absolute atomic E-state index is 11.9. The molecule has 0 aliphatic carbocycles. The van der Waals surface area contributed by atoms with Crippen LogP contribution in [0.15, 0.2) is 12.1 Å². The topological polar surface area (TPSA) is 80.4 Å². The number of rotatable bonds is 4. The van der Waals surface area contributed by atoms with E-state index >= 15 is 0 Å². The molecule has 0 spiro atoms. The highest BCUT2D eigenvalue weighted by atomic mass is 16.3. The minimum absolute atomic E-state index is 0.172. The lowest BCUT2D eigenvalue weighted by Gasteiger charge is -2.17. The fourth-order valence-corrected chi connectivity index (χ4v) is 1.65. The second kappa shape index (κ2) is 5.27. The van der Waals surface area contributed by atoms with Gasteiger partial charge in [-0.2, -0.15) is 0 Å². The number of amides is 1. The Hall–Kier alpha value is -1.75. The van der Waals surface area contributed by atoms with Crippen molar-refractivity contribution in [3.05, 3.63) is 33.7 Å². The van der Waals surface area contributed by atoms with Gasteiger partial charge in [-0.05, 0) is 39.8 Å². The smallest absolute Gasteiger partial charge is 0.259 e. The van der Waals surface area contributed by atoms with Crippen molar-refractivity contribution in [1.29, 1.82) is 0 Å². The molecule has 98 valence electrons. The Morgan fingerprint density at radius 1 is 1.33 bits per heavy atom. The third-order valence-electron chi connectivity index (χ3n) is 2.58. The lowest BCUT2D eigenvalue weighted by atomic mass is 10.0. The van der Waals surface area contributed by atoms with Gasteiger partial charge in [0.15, 0.2) is 0 Å². The number of hydrogen-bond donors (Lipinski definition) is 3. The Morgan fingerprint density at radius 3 is 2.22 bits per heavy atom. The highest BCUT2D eigenvalue weighted by Crippen LogP contribution is 2.17. The van der Waals surface area contributed by atoms with Gasteiger partial charge in [-0.15, -0.1) is 0 Å². The summed E-state index contributed by atoms with van der Waals surface area (Å²) in [5.41, 5.74) is 1.47. The molecule has 18 heavy (non-hydrogen) atoms. The molecular formula is C13H19N2O3+. The molecule has 1 aromatic rings. The minimum atomic E-state index is -0.948. The largest absolute Gasteiger partial charge is 0.389 e. The van der Waals surface area contributed by atoms with Gasteiger partial charge in [-0.1, -0.05) is 0 Å². The maximum Gasteiger partial charge on any atom is 0.259 e. The molecule has 0 aliphatic heterocycles. The summed E-state index contributed by atoms with van der Waals surface area (Å²) in [6.45, 7) is 6.94. The molecule has 0 unspecified atom stereocenters. The molecule has 0 radical (unpaired) electrons. The van der Waals surface area contributed by atoms with E-state index in [9.17, 15) is 14.8 Å². The van der Waals surface area contributed by atoms with Crippen LogP contribution in [0.3, 0.4) is 0 Å². The maximum atomic E-state index is 11.9. The van der Waals surface area contributed by atoms with E-state index in [1.807, 2.05) is 5.18 Å². The highest BCUT2D eigenvalue weighted by Gasteiger charge is 2.17. The quantitative estimate of drug-likeness (QED) is 0.719. The third-order valence-corrected chi connectivity index (χ3v) is 2.58. The van der Waals surface area contributed by atoms with Crippen LogP contribution in [-0.4, -0.2) is 23.2 Å². The molecule has 0 fully saturated rings.